The fraction of sp³-hybridized carbons (Fsp3) is 0.261. The molecule has 172 valence electrons. The Morgan fingerprint density at radius 1 is 1.00 bits per heavy atom. The molecule has 2 heterocycles. The van der Waals surface area contributed by atoms with Crippen LogP contribution in [0, 0.1) is 6.92 Å². The number of aromatic nitrogens is 1. The predicted molar refractivity (Wildman–Crippen MR) is 123 cm³/mol. The summed E-state index contributed by atoms with van der Waals surface area (Å²) in [6.45, 7) is 5.82. The molecule has 0 aliphatic carbocycles. The van der Waals surface area contributed by atoms with E-state index in [2.05, 4.69) is 4.98 Å². The number of amides is 2. The summed E-state index contributed by atoms with van der Waals surface area (Å²) in [6, 6.07) is 8.15. The van der Waals surface area contributed by atoms with Gasteiger partial charge in [0.05, 0.1) is 30.2 Å². The quantitative estimate of drug-likeness (QED) is 0.527. The summed E-state index contributed by atoms with van der Waals surface area (Å²) < 4.78 is 34.5. The Bertz CT molecular complexity index is 1340. The molecule has 10 heteroatoms. The van der Waals surface area contributed by atoms with Gasteiger partial charge in [-0.2, -0.15) is 0 Å². The number of pyridine rings is 1. The smallest absolute Gasteiger partial charge is 0.270 e. The molecule has 2 aromatic carbocycles. The zero-order valence-corrected chi connectivity index (χ0v) is 19.2. The van der Waals surface area contributed by atoms with Gasteiger partial charge in [-0.05, 0) is 50.1 Å². The molecule has 2 N–H and O–H groups in total. The summed E-state index contributed by atoms with van der Waals surface area (Å²) in [5.74, 6) is -0.947. The molecular weight excluding hydrogens is 446 g/mol. The van der Waals surface area contributed by atoms with Crippen molar-refractivity contribution in [1.82, 2.24) is 4.98 Å². The third-order valence-electron chi connectivity index (χ3n) is 5.25. The summed E-state index contributed by atoms with van der Waals surface area (Å²) >= 11 is 0. The van der Waals surface area contributed by atoms with E-state index in [9.17, 15) is 18.0 Å². The van der Waals surface area contributed by atoms with Crippen molar-refractivity contribution in [3.8, 4) is 11.5 Å². The van der Waals surface area contributed by atoms with Gasteiger partial charge in [0.2, 0.25) is 10.0 Å². The van der Waals surface area contributed by atoms with Gasteiger partial charge in [-0.3, -0.25) is 14.6 Å². The minimum atomic E-state index is -3.72. The highest BCUT2D eigenvalue weighted by Crippen LogP contribution is 2.45. The van der Waals surface area contributed by atoms with Crippen LogP contribution in [-0.4, -0.2) is 38.4 Å². The number of carbonyl (C=O) groups is 2. The lowest BCUT2D eigenvalue weighted by Crippen LogP contribution is -2.30. The number of hydrogen-bond donors (Lipinski definition) is 1. The average Bonchev–Trinajstić information content (AvgIpc) is 3.00. The summed E-state index contributed by atoms with van der Waals surface area (Å²) in [6.07, 6.45) is 1.58. The molecule has 0 radical (unpaired) electrons. The molecule has 33 heavy (non-hydrogen) atoms. The van der Waals surface area contributed by atoms with Gasteiger partial charge in [-0.1, -0.05) is 12.1 Å². The van der Waals surface area contributed by atoms with Gasteiger partial charge in [-0.15, -0.1) is 0 Å². The molecule has 0 bridgehead atoms. The van der Waals surface area contributed by atoms with Crippen LogP contribution in [0.4, 0.5) is 5.69 Å². The van der Waals surface area contributed by atoms with Crippen molar-refractivity contribution in [3.05, 3.63) is 58.8 Å². The van der Waals surface area contributed by atoms with E-state index in [4.69, 9.17) is 14.6 Å². The molecule has 0 saturated heterocycles. The number of sulfonamides is 1. The largest absolute Gasteiger partial charge is 0.492 e. The number of aryl methyl sites for hydroxylation is 1. The molecule has 0 atom stereocenters. The maximum atomic E-state index is 13.6. The fourth-order valence-electron chi connectivity index (χ4n) is 4.06. The minimum Gasteiger partial charge on any atom is -0.492 e. The molecular formula is C23H23N3O6S. The van der Waals surface area contributed by atoms with E-state index >= 15 is 0 Å². The van der Waals surface area contributed by atoms with Gasteiger partial charge in [0.25, 0.3) is 11.8 Å². The lowest BCUT2D eigenvalue weighted by atomic mass is 10.0. The standard InChI is InChI=1S/C23H23N3O6S/c1-4-31-20-15-7-6-10-25-19(15)21(32-5-2)18-17(20)22(27)26(23(18)28)16-9-8-14(11-13(16)3)12-33(24,29)30/h6-11H,4-5,12H2,1-3H3,(H2,24,29,30). The van der Waals surface area contributed by atoms with Gasteiger partial charge < -0.3 is 9.47 Å². The Morgan fingerprint density at radius 3 is 2.24 bits per heavy atom. The molecule has 2 amide bonds. The highest BCUT2D eigenvalue weighted by Gasteiger charge is 2.44. The number of fused-ring (bicyclic) bond motifs is 2. The number of anilines is 1. The maximum Gasteiger partial charge on any atom is 0.270 e. The zero-order valence-electron chi connectivity index (χ0n) is 18.4. The second kappa shape index (κ2) is 8.45. The Morgan fingerprint density at radius 2 is 1.64 bits per heavy atom. The van der Waals surface area contributed by atoms with Crippen molar-refractivity contribution in [2.45, 2.75) is 26.5 Å². The number of primary sulfonamides is 1. The van der Waals surface area contributed by atoms with Gasteiger partial charge in [-0.25, -0.2) is 18.5 Å². The molecule has 1 aliphatic rings. The zero-order chi connectivity index (χ0) is 23.9. The van der Waals surface area contributed by atoms with E-state index in [1.54, 1.807) is 45.2 Å². The van der Waals surface area contributed by atoms with Crippen molar-refractivity contribution in [1.29, 1.82) is 0 Å². The third-order valence-corrected chi connectivity index (χ3v) is 5.99. The van der Waals surface area contributed by atoms with E-state index in [1.165, 1.54) is 12.1 Å². The Labute approximate surface area is 191 Å². The summed E-state index contributed by atoms with van der Waals surface area (Å²) in [4.78, 5) is 32.6. The van der Waals surface area contributed by atoms with Crippen molar-refractivity contribution >= 4 is 38.4 Å². The molecule has 4 rings (SSSR count). The van der Waals surface area contributed by atoms with E-state index in [0.29, 0.717) is 27.7 Å². The topological polar surface area (TPSA) is 129 Å². The summed E-state index contributed by atoms with van der Waals surface area (Å²) in [7, 11) is -3.72. The van der Waals surface area contributed by atoms with Crippen LogP contribution < -0.4 is 19.5 Å². The first-order chi connectivity index (χ1) is 15.7. The highest BCUT2D eigenvalue weighted by atomic mass is 32.2. The normalized spacial score (nSPS) is 13.5. The van der Waals surface area contributed by atoms with Crippen molar-refractivity contribution < 1.29 is 27.5 Å². The monoisotopic (exact) mass is 469 g/mol. The van der Waals surface area contributed by atoms with Gasteiger partial charge in [0.1, 0.15) is 16.8 Å². The molecule has 1 aliphatic heterocycles. The molecule has 0 fully saturated rings. The lowest BCUT2D eigenvalue weighted by molar-refractivity contribution is 0.0924. The Balaban J connectivity index is 1.92. The van der Waals surface area contributed by atoms with Crippen LogP contribution >= 0.6 is 0 Å². The Kier molecular flexibility index (Phi) is 5.81. The number of hydrogen-bond acceptors (Lipinski definition) is 7. The molecule has 0 unspecified atom stereocenters. The van der Waals surface area contributed by atoms with Crippen LogP contribution in [0.2, 0.25) is 0 Å². The number of nitrogens with two attached hydrogens (primary N) is 1. The third kappa shape index (κ3) is 3.91. The van der Waals surface area contributed by atoms with Gasteiger partial charge in [0.15, 0.2) is 5.75 Å². The van der Waals surface area contributed by atoms with Crippen LogP contribution in [0.1, 0.15) is 45.7 Å². The van der Waals surface area contributed by atoms with E-state index in [0.717, 1.165) is 4.90 Å². The maximum absolute atomic E-state index is 13.6. The van der Waals surface area contributed by atoms with Crippen LogP contribution in [0.3, 0.4) is 0 Å². The molecule has 3 aromatic rings. The average molecular weight is 470 g/mol. The second-order valence-corrected chi connectivity index (χ2v) is 9.16. The van der Waals surface area contributed by atoms with E-state index in [1.807, 2.05) is 0 Å². The van der Waals surface area contributed by atoms with Crippen LogP contribution in [0.5, 0.6) is 11.5 Å². The molecule has 1 aromatic heterocycles. The number of nitrogens with zero attached hydrogens (tertiary/aromatic N) is 2. The highest BCUT2D eigenvalue weighted by molar-refractivity contribution is 7.88. The number of rotatable bonds is 7. The van der Waals surface area contributed by atoms with Crippen LogP contribution in [0.25, 0.3) is 10.9 Å². The van der Waals surface area contributed by atoms with Crippen molar-refractivity contribution in [2.75, 3.05) is 18.1 Å². The molecule has 0 spiro atoms. The Hall–Kier alpha value is -3.50. The summed E-state index contributed by atoms with van der Waals surface area (Å²) in [5, 5.41) is 5.71. The molecule has 9 nitrogen and oxygen atoms in total. The summed E-state index contributed by atoms with van der Waals surface area (Å²) in [5.41, 5.74) is 1.99. The number of carbonyl (C=O) groups excluding carboxylic acids is 2. The lowest BCUT2D eigenvalue weighted by Gasteiger charge is -2.17. The number of imide groups is 1. The minimum absolute atomic E-state index is 0.101. The van der Waals surface area contributed by atoms with Crippen molar-refractivity contribution in [2.24, 2.45) is 5.14 Å². The van der Waals surface area contributed by atoms with E-state index < -0.39 is 21.8 Å². The van der Waals surface area contributed by atoms with Gasteiger partial charge in [0, 0.05) is 11.6 Å². The number of benzene rings is 2. The second-order valence-electron chi connectivity index (χ2n) is 7.55. The van der Waals surface area contributed by atoms with E-state index in [-0.39, 0.29) is 41.6 Å². The van der Waals surface area contributed by atoms with Crippen LogP contribution in [0.15, 0.2) is 36.5 Å². The van der Waals surface area contributed by atoms with Crippen molar-refractivity contribution in [3.63, 3.8) is 0 Å². The number of ether oxygens (including phenoxy) is 2. The predicted octanol–water partition coefficient (Wildman–Crippen LogP) is 2.93. The van der Waals surface area contributed by atoms with Gasteiger partial charge >= 0.3 is 0 Å². The SMILES string of the molecule is CCOc1c2c(c(OCC)c3ncccc13)C(=O)N(c1ccc(CS(N)(=O)=O)cc1C)C2=O. The molecule has 0 saturated carbocycles. The van der Waals surface area contributed by atoms with Crippen LogP contribution in [-0.2, 0) is 15.8 Å². The first-order valence-corrected chi connectivity index (χ1v) is 12.1. The first-order valence-electron chi connectivity index (χ1n) is 10.4. The fourth-order valence-corrected chi connectivity index (χ4v) is 4.71. The first kappa shape index (κ1) is 22.7.